The van der Waals surface area contributed by atoms with E-state index in [0.29, 0.717) is 53.5 Å². The highest BCUT2D eigenvalue weighted by atomic mass is 32.2. The molecular formula is C23H26F4N4O9PS2+. The minimum atomic E-state index is -5.19. The average molecular weight is 674 g/mol. The summed E-state index contributed by atoms with van der Waals surface area (Å²) in [5.41, 5.74) is 7.64. The van der Waals surface area contributed by atoms with Crippen molar-refractivity contribution in [3.8, 4) is 23.3 Å². The van der Waals surface area contributed by atoms with Gasteiger partial charge in [0.1, 0.15) is 60.4 Å². The van der Waals surface area contributed by atoms with Crippen LogP contribution in [0.5, 0.6) is 17.2 Å². The number of carbonyl (C=O) groups is 1. The lowest BCUT2D eigenvalue weighted by Crippen LogP contribution is -2.53. The van der Waals surface area contributed by atoms with Gasteiger partial charge >= 0.3 is 13.8 Å². The molecule has 236 valence electrons. The normalized spacial score (nSPS) is 12.9. The van der Waals surface area contributed by atoms with Gasteiger partial charge in [0.05, 0.1) is 5.56 Å². The van der Waals surface area contributed by atoms with Crippen molar-refractivity contribution < 1.29 is 70.8 Å². The Labute approximate surface area is 246 Å². The second-order valence-electron chi connectivity index (χ2n) is 8.29. The molecule has 0 bridgehead atoms. The van der Waals surface area contributed by atoms with Crippen molar-refractivity contribution in [2.24, 2.45) is 0 Å². The van der Waals surface area contributed by atoms with Crippen LogP contribution in [0.1, 0.15) is 11.1 Å². The first-order valence-electron chi connectivity index (χ1n) is 11.9. The lowest BCUT2D eigenvalue weighted by molar-refractivity contribution is -0.372. The minimum absolute atomic E-state index is 0.0562. The summed E-state index contributed by atoms with van der Waals surface area (Å²) in [5.74, 6) is -3.37. The zero-order chi connectivity index (χ0) is 32.6. The summed E-state index contributed by atoms with van der Waals surface area (Å²) in [6.45, 7) is 3.36. The number of nitrogens with zero attached hydrogens (tertiary/aromatic N) is 1. The van der Waals surface area contributed by atoms with Crippen LogP contribution >= 0.6 is 18.9 Å². The molecule has 43 heavy (non-hydrogen) atoms. The molecule has 0 fully saturated rings. The lowest BCUT2D eigenvalue weighted by Gasteiger charge is -2.14. The molecule has 8 N–H and O–H groups in total. The van der Waals surface area contributed by atoms with Gasteiger partial charge < -0.3 is 40.3 Å². The van der Waals surface area contributed by atoms with Crippen LogP contribution in [0.4, 0.5) is 17.6 Å². The molecule has 1 unspecified atom stereocenters. The zero-order valence-corrected chi connectivity index (χ0v) is 24.8. The Kier molecular flexibility index (Phi) is 12.3. The quantitative estimate of drug-likeness (QED) is 0.151. The van der Waals surface area contributed by atoms with Crippen molar-refractivity contribution in [3.63, 3.8) is 0 Å². The van der Waals surface area contributed by atoms with Gasteiger partial charge in [-0.1, -0.05) is 0 Å². The number of ether oxygens (including phenoxy) is 2. The van der Waals surface area contributed by atoms with Gasteiger partial charge in [-0.3, -0.25) is 0 Å². The van der Waals surface area contributed by atoms with Crippen LogP contribution in [0.3, 0.4) is 0 Å². The second kappa shape index (κ2) is 14.8. The Morgan fingerprint density at radius 3 is 2.21 bits per heavy atom. The minimum Gasteiger partial charge on any atom is -0.542 e. The molecule has 3 rings (SSSR count). The fourth-order valence-electron chi connectivity index (χ4n) is 3.12. The third kappa shape index (κ3) is 10.0. The van der Waals surface area contributed by atoms with E-state index >= 15 is 0 Å². The molecule has 2 aromatic carbocycles. The van der Waals surface area contributed by atoms with Crippen LogP contribution in [-0.4, -0.2) is 58.0 Å². The van der Waals surface area contributed by atoms with E-state index in [1.54, 1.807) is 25.1 Å². The largest absolute Gasteiger partial charge is 0.542 e. The van der Waals surface area contributed by atoms with E-state index in [1.165, 1.54) is 0 Å². The number of fused-ring (bicyclic) bond motifs is 1. The SMILES string of the molecule is Cc1c(S(=O)(=O)NCP(=O)(O)Oc2ccc(C#N)c(F)c2)sc2cc(OCC[NH3+])c(OCC[NH3+])cc12.O=C([O-])C(F)(F)F. The highest BCUT2D eigenvalue weighted by Gasteiger charge is 2.30. The summed E-state index contributed by atoms with van der Waals surface area (Å²) < 4.78 is 103. The van der Waals surface area contributed by atoms with Crippen LogP contribution in [0, 0.1) is 24.1 Å². The maximum absolute atomic E-state index is 13.8. The van der Waals surface area contributed by atoms with Crippen LogP contribution < -0.4 is 35.3 Å². The number of carbonyl (C=O) groups excluding carboxylic acids is 1. The first-order valence-corrected chi connectivity index (χ1v) is 15.9. The molecule has 0 saturated carbocycles. The fraction of sp³-hybridized carbons (Fsp3) is 0.304. The van der Waals surface area contributed by atoms with Crippen molar-refractivity contribution in [1.29, 1.82) is 5.26 Å². The van der Waals surface area contributed by atoms with Crippen molar-refractivity contribution in [3.05, 3.63) is 47.3 Å². The maximum atomic E-state index is 13.8. The van der Waals surface area contributed by atoms with Crippen LogP contribution in [0.2, 0.25) is 0 Å². The molecule has 0 spiro atoms. The molecule has 0 radical (unpaired) electrons. The van der Waals surface area contributed by atoms with Crippen LogP contribution in [-0.2, 0) is 19.4 Å². The molecule has 0 aliphatic heterocycles. The number of thiophene rings is 1. The molecule has 3 aromatic rings. The molecule has 0 aliphatic rings. The van der Waals surface area contributed by atoms with E-state index in [9.17, 15) is 35.4 Å². The molecule has 0 amide bonds. The molecule has 0 saturated heterocycles. The molecule has 13 nitrogen and oxygen atoms in total. The van der Waals surface area contributed by atoms with Crippen molar-refractivity contribution in [2.45, 2.75) is 17.3 Å². The molecule has 1 heterocycles. The summed E-state index contributed by atoms with van der Waals surface area (Å²) in [5, 5.41) is 18.2. The number of hydrogen-bond donors (Lipinski definition) is 4. The summed E-state index contributed by atoms with van der Waals surface area (Å²) in [6, 6.07) is 7.98. The predicted molar refractivity (Wildman–Crippen MR) is 141 cm³/mol. The number of quaternary nitrogens is 2. The van der Waals surface area contributed by atoms with Gasteiger partial charge in [-0.2, -0.15) is 23.2 Å². The molecule has 20 heteroatoms. The number of benzene rings is 2. The van der Waals surface area contributed by atoms with E-state index in [2.05, 4.69) is 16.2 Å². The Bertz CT molecular complexity index is 1660. The Morgan fingerprint density at radius 1 is 1.16 bits per heavy atom. The number of carboxylic acids is 1. The van der Waals surface area contributed by atoms with E-state index in [1.807, 2.05) is 0 Å². The van der Waals surface area contributed by atoms with E-state index in [-0.39, 0.29) is 15.5 Å². The smallest absolute Gasteiger partial charge is 0.430 e. The first-order chi connectivity index (χ1) is 20.0. The number of sulfonamides is 1. The zero-order valence-electron chi connectivity index (χ0n) is 22.3. The topological polar surface area (TPSA) is 230 Å². The summed E-state index contributed by atoms with van der Waals surface area (Å²) in [6.07, 6.45) is -6.15. The number of rotatable bonds is 12. The summed E-state index contributed by atoms with van der Waals surface area (Å²) >= 11 is 0.965. The number of alkyl halides is 3. The number of carboxylic acid groups (broad SMARTS) is 1. The maximum Gasteiger partial charge on any atom is 0.430 e. The first kappa shape index (κ1) is 35.7. The molecule has 0 aliphatic carbocycles. The van der Waals surface area contributed by atoms with Gasteiger partial charge in [0.15, 0.2) is 11.5 Å². The van der Waals surface area contributed by atoms with Gasteiger partial charge in [-0.25, -0.2) is 17.4 Å². The summed E-state index contributed by atoms with van der Waals surface area (Å²) in [4.78, 5) is 18.9. The Balaban J connectivity index is 0.000000821. The van der Waals surface area contributed by atoms with E-state index in [0.717, 1.165) is 29.5 Å². The molecule has 1 aromatic heterocycles. The number of aryl methyl sites for hydroxylation is 1. The highest BCUT2D eigenvalue weighted by molar-refractivity contribution is 7.92. The predicted octanol–water partition coefficient (Wildman–Crippen LogP) is 0.261. The van der Waals surface area contributed by atoms with Gasteiger partial charge in [0.2, 0.25) is 0 Å². The molecular weight excluding hydrogens is 647 g/mol. The monoisotopic (exact) mass is 673 g/mol. The fourth-order valence-corrected chi connectivity index (χ4v) is 7.44. The number of halogens is 4. The highest BCUT2D eigenvalue weighted by Crippen LogP contribution is 2.44. The van der Waals surface area contributed by atoms with E-state index in [4.69, 9.17) is 29.2 Å². The third-order valence-electron chi connectivity index (χ3n) is 5.00. The number of nitrogens with one attached hydrogen (secondary N) is 1. The molecule has 1 atom stereocenters. The Hall–Kier alpha value is -3.50. The standard InChI is InChI=1S/C21H24FN4O7PS2.C2HF3O2/c1-13-16-9-18(31-6-4-23)19(32-7-5-24)10-20(16)35-21(13)36(29,30)26-12-34(27,28)33-15-3-2-14(11-25)17(22)8-15;3-2(4,5)1(6)7/h2-3,8-10,26H,4-7,12,23-24H2,1H3,(H,27,28);(H,6,7)/p+1. The summed E-state index contributed by atoms with van der Waals surface area (Å²) in [7, 11) is -8.77. The average Bonchev–Trinajstić information content (AvgIpc) is 3.25. The second-order valence-corrected chi connectivity index (χ2v) is 13.1. The van der Waals surface area contributed by atoms with Crippen molar-refractivity contribution in [2.75, 3.05) is 32.6 Å². The van der Waals surface area contributed by atoms with Gasteiger partial charge in [-0.15, -0.1) is 11.3 Å². The van der Waals surface area contributed by atoms with Gasteiger partial charge in [-0.05, 0) is 30.7 Å². The Morgan fingerprint density at radius 2 is 1.72 bits per heavy atom. The van der Waals surface area contributed by atoms with Crippen LogP contribution in [0.25, 0.3) is 10.1 Å². The van der Waals surface area contributed by atoms with E-state index < -0.39 is 41.9 Å². The number of nitriles is 1. The lowest BCUT2D eigenvalue weighted by atomic mass is 10.2. The number of aliphatic carboxylic acids is 1. The van der Waals surface area contributed by atoms with Crippen molar-refractivity contribution >= 4 is 45.0 Å². The van der Waals surface area contributed by atoms with Gasteiger partial charge in [0.25, 0.3) is 10.0 Å². The van der Waals surface area contributed by atoms with Crippen LogP contribution in [0.15, 0.2) is 34.5 Å². The van der Waals surface area contributed by atoms with Gasteiger partial charge in [0, 0.05) is 22.2 Å². The van der Waals surface area contributed by atoms with Crippen molar-refractivity contribution in [1.82, 2.24) is 4.72 Å². The number of hydrogen-bond acceptors (Lipinski definition) is 10. The third-order valence-corrected chi connectivity index (χ3v) is 9.55.